The van der Waals surface area contributed by atoms with Crippen molar-refractivity contribution in [1.82, 2.24) is 5.32 Å². The van der Waals surface area contributed by atoms with Crippen molar-refractivity contribution in [2.24, 2.45) is 0 Å². The average Bonchev–Trinajstić information content (AvgIpc) is 2.46. The van der Waals surface area contributed by atoms with Crippen LogP contribution in [0.4, 0.5) is 0 Å². The predicted molar refractivity (Wildman–Crippen MR) is 75.5 cm³/mol. The summed E-state index contributed by atoms with van der Waals surface area (Å²) in [7, 11) is 5.30. The molecule has 93 valence electrons. The van der Waals surface area contributed by atoms with Crippen molar-refractivity contribution < 1.29 is 4.74 Å². The molecule has 0 spiro atoms. The van der Waals surface area contributed by atoms with Gasteiger partial charge in [-0.2, -0.15) is 0 Å². The molecular weight excluding hydrogens is 222 g/mol. The monoisotopic (exact) mass is 240 g/mol. The van der Waals surface area contributed by atoms with E-state index in [-0.39, 0.29) is 0 Å². The summed E-state index contributed by atoms with van der Waals surface area (Å²) in [5.74, 6) is 0.886. The molecule has 0 unspecified atom stereocenters. The largest absolute Gasteiger partial charge is 0.497 e. The Hall–Kier alpha value is -1.80. The number of benzene rings is 2. The lowest BCUT2D eigenvalue weighted by Crippen LogP contribution is -2.07. The lowest BCUT2D eigenvalue weighted by atomic mass is 10.0. The van der Waals surface area contributed by atoms with E-state index in [9.17, 15) is 0 Å². The van der Waals surface area contributed by atoms with E-state index in [1.165, 1.54) is 16.7 Å². The molecule has 0 heterocycles. The standard InChI is InChI=1S/C16H18NO/c1-17-12-11-13-3-5-14(6-4-13)15-7-9-16(18-2)10-8-15/h3-10,17H,1,11-12H2,2H3. The Morgan fingerprint density at radius 2 is 1.50 bits per heavy atom. The molecule has 0 fully saturated rings. The Morgan fingerprint density at radius 3 is 2.00 bits per heavy atom. The number of rotatable bonds is 5. The van der Waals surface area contributed by atoms with E-state index >= 15 is 0 Å². The van der Waals surface area contributed by atoms with Gasteiger partial charge in [-0.05, 0) is 41.8 Å². The SMILES string of the molecule is [CH2]NCCc1ccc(-c2ccc(OC)cc2)cc1. The normalized spacial score (nSPS) is 10.3. The topological polar surface area (TPSA) is 21.3 Å². The van der Waals surface area contributed by atoms with Crippen LogP contribution in [0.15, 0.2) is 48.5 Å². The minimum atomic E-state index is 0.886. The van der Waals surface area contributed by atoms with Crippen LogP contribution < -0.4 is 10.1 Å². The minimum absolute atomic E-state index is 0.886. The van der Waals surface area contributed by atoms with Gasteiger partial charge in [-0.25, -0.2) is 0 Å². The van der Waals surface area contributed by atoms with Gasteiger partial charge in [0.05, 0.1) is 7.11 Å². The average molecular weight is 240 g/mol. The number of nitrogens with one attached hydrogen (secondary N) is 1. The first-order chi connectivity index (χ1) is 8.83. The molecule has 2 rings (SSSR count). The van der Waals surface area contributed by atoms with E-state index in [1.54, 1.807) is 7.11 Å². The molecule has 2 heteroatoms. The van der Waals surface area contributed by atoms with Gasteiger partial charge in [-0.1, -0.05) is 36.4 Å². The zero-order chi connectivity index (χ0) is 12.8. The summed E-state index contributed by atoms with van der Waals surface area (Å²) < 4.78 is 5.16. The van der Waals surface area contributed by atoms with E-state index in [4.69, 9.17) is 4.74 Å². The molecule has 0 aliphatic heterocycles. The molecule has 0 aliphatic carbocycles. The van der Waals surface area contributed by atoms with E-state index in [0.29, 0.717) is 0 Å². The van der Waals surface area contributed by atoms with Crippen molar-refractivity contribution in [2.45, 2.75) is 6.42 Å². The van der Waals surface area contributed by atoms with Gasteiger partial charge in [0.15, 0.2) is 0 Å². The van der Waals surface area contributed by atoms with Crippen molar-refractivity contribution in [1.29, 1.82) is 0 Å². The second kappa shape index (κ2) is 6.22. The molecule has 1 radical (unpaired) electrons. The summed E-state index contributed by atoms with van der Waals surface area (Å²) in [6.45, 7) is 0.905. The molecule has 0 saturated carbocycles. The van der Waals surface area contributed by atoms with Crippen molar-refractivity contribution in [2.75, 3.05) is 13.7 Å². The van der Waals surface area contributed by atoms with Crippen molar-refractivity contribution in [3.8, 4) is 16.9 Å². The fourth-order valence-corrected chi connectivity index (χ4v) is 1.88. The van der Waals surface area contributed by atoms with Gasteiger partial charge in [-0.15, -0.1) is 0 Å². The molecule has 2 aromatic carbocycles. The Bertz CT molecular complexity index is 473. The second-order valence-corrected chi connectivity index (χ2v) is 4.18. The van der Waals surface area contributed by atoms with Crippen LogP contribution in [0.3, 0.4) is 0 Å². The van der Waals surface area contributed by atoms with Crippen LogP contribution in [-0.2, 0) is 6.42 Å². The van der Waals surface area contributed by atoms with Crippen molar-refractivity contribution in [3.05, 3.63) is 61.1 Å². The van der Waals surface area contributed by atoms with Crippen molar-refractivity contribution >= 4 is 0 Å². The fourth-order valence-electron chi connectivity index (χ4n) is 1.88. The molecule has 0 atom stereocenters. The third kappa shape index (κ3) is 3.11. The summed E-state index contributed by atoms with van der Waals surface area (Å²) in [4.78, 5) is 0. The zero-order valence-electron chi connectivity index (χ0n) is 10.6. The van der Waals surface area contributed by atoms with E-state index in [1.807, 2.05) is 12.1 Å². The molecule has 0 bridgehead atoms. The number of hydrogen-bond donors (Lipinski definition) is 1. The quantitative estimate of drug-likeness (QED) is 0.866. The van der Waals surface area contributed by atoms with E-state index < -0.39 is 0 Å². The maximum absolute atomic E-state index is 5.16. The summed E-state index contributed by atoms with van der Waals surface area (Å²) in [5, 5.41) is 2.91. The lowest BCUT2D eigenvalue weighted by Gasteiger charge is -2.05. The van der Waals surface area contributed by atoms with E-state index in [2.05, 4.69) is 48.8 Å². The first kappa shape index (κ1) is 12.7. The highest BCUT2D eigenvalue weighted by atomic mass is 16.5. The highest BCUT2D eigenvalue weighted by molar-refractivity contribution is 5.64. The number of ether oxygens (including phenoxy) is 1. The molecule has 0 amide bonds. The third-order valence-electron chi connectivity index (χ3n) is 2.97. The second-order valence-electron chi connectivity index (χ2n) is 4.18. The molecule has 0 aliphatic rings. The molecular formula is C16H18NO. The summed E-state index contributed by atoms with van der Waals surface area (Å²) >= 11 is 0. The minimum Gasteiger partial charge on any atom is -0.497 e. The van der Waals surface area contributed by atoms with Gasteiger partial charge in [-0.3, -0.25) is 0 Å². The number of methoxy groups -OCH3 is 1. The molecule has 1 N–H and O–H groups in total. The molecule has 0 saturated heterocycles. The van der Waals surface area contributed by atoms with Crippen LogP contribution >= 0.6 is 0 Å². The molecule has 18 heavy (non-hydrogen) atoms. The van der Waals surface area contributed by atoms with Gasteiger partial charge in [0, 0.05) is 7.05 Å². The predicted octanol–water partition coefficient (Wildman–Crippen LogP) is 3.29. The highest BCUT2D eigenvalue weighted by Crippen LogP contribution is 2.22. The first-order valence-electron chi connectivity index (χ1n) is 6.07. The highest BCUT2D eigenvalue weighted by Gasteiger charge is 1.99. The zero-order valence-corrected chi connectivity index (χ0v) is 10.6. The van der Waals surface area contributed by atoms with Crippen molar-refractivity contribution in [3.63, 3.8) is 0 Å². The molecule has 2 nitrogen and oxygen atoms in total. The lowest BCUT2D eigenvalue weighted by molar-refractivity contribution is 0.415. The Balaban J connectivity index is 2.12. The van der Waals surface area contributed by atoms with Crippen LogP contribution in [0.25, 0.3) is 11.1 Å². The van der Waals surface area contributed by atoms with Crippen LogP contribution in [-0.4, -0.2) is 13.7 Å². The Kier molecular flexibility index (Phi) is 4.37. The molecule has 0 aromatic heterocycles. The van der Waals surface area contributed by atoms with Crippen LogP contribution in [0.2, 0.25) is 0 Å². The maximum Gasteiger partial charge on any atom is 0.118 e. The van der Waals surface area contributed by atoms with Gasteiger partial charge in [0.1, 0.15) is 5.75 Å². The first-order valence-corrected chi connectivity index (χ1v) is 6.07. The Labute approximate surface area is 109 Å². The Morgan fingerprint density at radius 1 is 0.944 bits per heavy atom. The summed E-state index contributed by atoms with van der Waals surface area (Å²) in [5.41, 5.74) is 3.75. The van der Waals surface area contributed by atoms with Gasteiger partial charge >= 0.3 is 0 Å². The third-order valence-corrected chi connectivity index (χ3v) is 2.97. The van der Waals surface area contributed by atoms with Crippen LogP contribution in [0.5, 0.6) is 5.75 Å². The van der Waals surface area contributed by atoms with Gasteiger partial charge in [0.25, 0.3) is 0 Å². The van der Waals surface area contributed by atoms with Gasteiger partial charge in [0.2, 0.25) is 0 Å². The van der Waals surface area contributed by atoms with E-state index in [0.717, 1.165) is 18.7 Å². The number of hydrogen-bond acceptors (Lipinski definition) is 2. The molecule has 2 aromatic rings. The maximum atomic E-state index is 5.16. The van der Waals surface area contributed by atoms with Gasteiger partial charge < -0.3 is 10.1 Å². The van der Waals surface area contributed by atoms with Crippen LogP contribution in [0.1, 0.15) is 5.56 Å². The fraction of sp³-hybridized carbons (Fsp3) is 0.188. The smallest absolute Gasteiger partial charge is 0.118 e. The summed E-state index contributed by atoms with van der Waals surface area (Å²) in [6, 6.07) is 16.7. The van der Waals surface area contributed by atoms with Crippen LogP contribution in [0, 0.1) is 7.05 Å². The summed E-state index contributed by atoms with van der Waals surface area (Å²) in [6.07, 6.45) is 1.01.